The van der Waals surface area contributed by atoms with Crippen molar-refractivity contribution in [1.82, 2.24) is 9.78 Å². The zero-order valence-electron chi connectivity index (χ0n) is 11.9. The largest absolute Gasteiger partial charge is 0.389 e. The summed E-state index contributed by atoms with van der Waals surface area (Å²) in [7, 11) is 0. The molecule has 1 N–H and O–H groups in total. The van der Waals surface area contributed by atoms with E-state index in [4.69, 9.17) is 4.74 Å². The van der Waals surface area contributed by atoms with Crippen LogP contribution in [-0.2, 0) is 17.7 Å². The van der Waals surface area contributed by atoms with Gasteiger partial charge in [-0.25, -0.2) is 0 Å². The first-order chi connectivity index (χ1) is 8.99. The molecule has 0 amide bonds. The van der Waals surface area contributed by atoms with Gasteiger partial charge >= 0.3 is 0 Å². The van der Waals surface area contributed by atoms with Gasteiger partial charge in [0.2, 0.25) is 0 Å². The SMILES string of the molecule is CCC1CC(O)(Cc2c(Br)c(C)nn2CC)CCO1. The van der Waals surface area contributed by atoms with Gasteiger partial charge < -0.3 is 9.84 Å². The third kappa shape index (κ3) is 3.20. The summed E-state index contributed by atoms with van der Waals surface area (Å²) in [5, 5.41) is 15.3. The molecule has 1 aromatic rings. The van der Waals surface area contributed by atoms with Gasteiger partial charge in [-0.1, -0.05) is 6.92 Å². The van der Waals surface area contributed by atoms with Crippen molar-refractivity contribution in [3.63, 3.8) is 0 Å². The van der Waals surface area contributed by atoms with E-state index in [2.05, 4.69) is 34.9 Å². The van der Waals surface area contributed by atoms with Gasteiger partial charge in [-0.3, -0.25) is 4.68 Å². The van der Waals surface area contributed by atoms with Crippen LogP contribution in [0.15, 0.2) is 4.47 Å². The second-order valence-corrected chi connectivity index (χ2v) is 6.21. The minimum absolute atomic E-state index is 0.177. The number of hydrogen-bond acceptors (Lipinski definition) is 3. The highest BCUT2D eigenvalue weighted by Crippen LogP contribution is 2.32. The summed E-state index contributed by atoms with van der Waals surface area (Å²) in [6.07, 6.45) is 3.18. The lowest BCUT2D eigenvalue weighted by molar-refractivity contribution is -0.104. The molecule has 19 heavy (non-hydrogen) atoms. The number of nitrogens with zero attached hydrogens (tertiary/aromatic N) is 2. The van der Waals surface area contributed by atoms with Gasteiger partial charge in [-0.05, 0) is 42.6 Å². The Hall–Kier alpha value is -0.390. The highest BCUT2D eigenvalue weighted by molar-refractivity contribution is 9.10. The first-order valence-corrected chi connectivity index (χ1v) is 7.84. The molecule has 1 fully saturated rings. The average Bonchev–Trinajstić information content (AvgIpc) is 2.66. The minimum atomic E-state index is -0.666. The fourth-order valence-corrected chi connectivity index (χ4v) is 3.20. The molecule has 5 heteroatoms. The first kappa shape index (κ1) is 15.0. The van der Waals surface area contributed by atoms with Gasteiger partial charge in [0, 0.05) is 26.0 Å². The monoisotopic (exact) mass is 330 g/mol. The molecule has 2 rings (SSSR count). The number of rotatable bonds is 4. The molecule has 2 atom stereocenters. The van der Waals surface area contributed by atoms with E-state index in [0.29, 0.717) is 25.9 Å². The van der Waals surface area contributed by atoms with Gasteiger partial charge in [0.15, 0.2) is 0 Å². The number of hydrogen-bond donors (Lipinski definition) is 1. The smallest absolute Gasteiger partial charge is 0.0749 e. The quantitative estimate of drug-likeness (QED) is 0.923. The summed E-state index contributed by atoms with van der Waals surface area (Å²) in [4.78, 5) is 0. The molecule has 2 unspecified atom stereocenters. The molecule has 4 nitrogen and oxygen atoms in total. The Bertz CT molecular complexity index is 447. The van der Waals surface area contributed by atoms with Crippen molar-refractivity contribution in [3.8, 4) is 0 Å². The summed E-state index contributed by atoms with van der Waals surface area (Å²) in [6.45, 7) is 7.64. The Balaban J connectivity index is 2.20. The van der Waals surface area contributed by atoms with Crippen molar-refractivity contribution in [2.45, 2.75) is 64.7 Å². The van der Waals surface area contributed by atoms with E-state index in [0.717, 1.165) is 28.8 Å². The van der Waals surface area contributed by atoms with E-state index >= 15 is 0 Å². The average molecular weight is 331 g/mol. The van der Waals surface area contributed by atoms with Crippen molar-refractivity contribution < 1.29 is 9.84 Å². The summed E-state index contributed by atoms with van der Waals surface area (Å²) < 4.78 is 8.67. The number of aromatic nitrogens is 2. The summed E-state index contributed by atoms with van der Waals surface area (Å²) in [6, 6.07) is 0. The van der Waals surface area contributed by atoms with E-state index in [9.17, 15) is 5.11 Å². The Kier molecular flexibility index (Phi) is 4.69. The number of aryl methyl sites for hydroxylation is 2. The van der Waals surface area contributed by atoms with E-state index in [1.807, 2.05) is 11.6 Å². The van der Waals surface area contributed by atoms with Crippen molar-refractivity contribution >= 4 is 15.9 Å². The highest BCUT2D eigenvalue weighted by atomic mass is 79.9. The second kappa shape index (κ2) is 5.94. The van der Waals surface area contributed by atoms with Gasteiger partial charge in [0.25, 0.3) is 0 Å². The standard InChI is InChI=1S/C14H23BrN2O2/c1-4-11-8-14(18,6-7-19-11)9-12-13(15)10(3)16-17(12)5-2/h11,18H,4-9H2,1-3H3. The van der Waals surface area contributed by atoms with Crippen molar-refractivity contribution in [1.29, 1.82) is 0 Å². The lowest BCUT2D eigenvalue weighted by Crippen LogP contribution is -2.42. The molecule has 1 saturated heterocycles. The number of ether oxygens (including phenoxy) is 1. The first-order valence-electron chi connectivity index (χ1n) is 7.05. The maximum Gasteiger partial charge on any atom is 0.0749 e. The maximum atomic E-state index is 10.8. The van der Waals surface area contributed by atoms with Crippen molar-refractivity contribution in [2.24, 2.45) is 0 Å². The van der Waals surface area contributed by atoms with Crippen molar-refractivity contribution in [2.75, 3.05) is 6.61 Å². The van der Waals surface area contributed by atoms with Gasteiger partial charge in [0.05, 0.1) is 27.6 Å². The fourth-order valence-electron chi connectivity index (χ4n) is 2.77. The summed E-state index contributed by atoms with van der Waals surface area (Å²) >= 11 is 3.60. The molecule has 0 bridgehead atoms. The van der Waals surface area contributed by atoms with E-state index in [1.165, 1.54) is 0 Å². The molecule has 0 saturated carbocycles. The van der Waals surface area contributed by atoms with E-state index in [-0.39, 0.29) is 6.10 Å². The normalized spacial score (nSPS) is 27.7. The molecule has 1 aliphatic heterocycles. The van der Waals surface area contributed by atoms with Crippen LogP contribution in [0.3, 0.4) is 0 Å². The topological polar surface area (TPSA) is 47.3 Å². The second-order valence-electron chi connectivity index (χ2n) is 5.42. The molecule has 2 heterocycles. The van der Waals surface area contributed by atoms with Gasteiger partial charge in [-0.15, -0.1) is 0 Å². The molecule has 0 radical (unpaired) electrons. The third-order valence-electron chi connectivity index (χ3n) is 3.93. The van der Waals surface area contributed by atoms with E-state index < -0.39 is 5.60 Å². The van der Waals surface area contributed by atoms with Crippen LogP contribution in [0.1, 0.15) is 44.5 Å². The number of aliphatic hydroxyl groups is 1. The summed E-state index contributed by atoms with van der Waals surface area (Å²) in [5.41, 5.74) is 1.42. The van der Waals surface area contributed by atoms with Gasteiger partial charge in [0.1, 0.15) is 0 Å². The Morgan fingerprint density at radius 2 is 2.26 bits per heavy atom. The zero-order chi connectivity index (χ0) is 14.0. The van der Waals surface area contributed by atoms with Crippen LogP contribution < -0.4 is 0 Å². The summed E-state index contributed by atoms with van der Waals surface area (Å²) in [5.74, 6) is 0. The minimum Gasteiger partial charge on any atom is -0.389 e. The van der Waals surface area contributed by atoms with Crippen LogP contribution >= 0.6 is 15.9 Å². The fraction of sp³-hybridized carbons (Fsp3) is 0.786. The predicted octanol–water partition coefficient (Wildman–Crippen LogP) is 2.84. The lowest BCUT2D eigenvalue weighted by Gasteiger charge is -2.36. The molecule has 0 spiro atoms. The molecular formula is C14H23BrN2O2. The molecule has 1 aliphatic rings. The molecule has 0 aliphatic carbocycles. The lowest BCUT2D eigenvalue weighted by atomic mass is 9.85. The van der Waals surface area contributed by atoms with Crippen LogP contribution in [0.25, 0.3) is 0 Å². The Morgan fingerprint density at radius 3 is 2.89 bits per heavy atom. The molecular weight excluding hydrogens is 308 g/mol. The number of halogens is 1. The predicted molar refractivity (Wildman–Crippen MR) is 78.3 cm³/mol. The maximum absolute atomic E-state index is 10.8. The zero-order valence-corrected chi connectivity index (χ0v) is 13.5. The molecule has 1 aromatic heterocycles. The Labute approximate surface area is 123 Å². The Morgan fingerprint density at radius 1 is 1.53 bits per heavy atom. The van der Waals surface area contributed by atoms with Crippen LogP contribution in [0.2, 0.25) is 0 Å². The molecule has 108 valence electrons. The van der Waals surface area contributed by atoms with Gasteiger partial charge in [-0.2, -0.15) is 5.10 Å². The van der Waals surface area contributed by atoms with Crippen LogP contribution in [0, 0.1) is 6.92 Å². The van der Waals surface area contributed by atoms with Crippen molar-refractivity contribution in [3.05, 3.63) is 15.9 Å². The highest BCUT2D eigenvalue weighted by Gasteiger charge is 2.36. The van der Waals surface area contributed by atoms with Crippen LogP contribution in [0.5, 0.6) is 0 Å². The molecule has 0 aromatic carbocycles. The third-order valence-corrected chi connectivity index (χ3v) is 4.96. The van der Waals surface area contributed by atoms with E-state index in [1.54, 1.807) is 0 Å². The van der Waals surface area contributed by atoms with Crippen LogP contribution in [-0.4, -0.2) is 33.2 Å². The van der Waals surface area contributed by atoms with Crippen LogP contribution in [0.4, 0.5) is 0 Å².